The number of carbonyl (C=O) groups is 1. The van der Waals surface area contributed by atoms with E-state index in [4.69, 9.17) is 4.74 Å². The van der Waals surface area contributed by atoms with E-state index in [2.05, 4.69) is 10.6 Å². The maximum absolute atomic E-state index is 11.2. The fourth-order valence-corrected chi connectivity index (χ4v) is 2.09. The van der Waals surface area contributed by atoms with Crippen molar-refractivity contribution in [3.63, 3.8) is 0 Å². The molecule has 4 heteroatoms. The number of rotatable bonds is 4. The number of ether oxygens (including phenoxy) is 1. The van der Waals surface area contributed by atoms with Gasteiger partial charge < -0.3 is 15.4 Å². The Morgan fingerprint density at radius 1 is 1.24 bits per heavy atom. The molecule has 2 N–H and O–H groups in total. The van der Waals surface area contributed by atoms with Gasteiger partial charge in [-0.1, -0.05) is 33.1 Å². The largest absolute Gasteiger partial charge is 0.448 e. The summed E-state index contributed by atoms with van der Waals surface area (Å²) in [6.45, 7) is 6.98. The molecule has 1 aliphatic carbocycles. The fraction of sp³-hybridized carbons (Fsp3) is 0.923. The smallest absolute Gasteiger partial charge is 0.407 e. The quantitative estimate of drug-likeness (QED) is 0.799. The van der Waals surface area contributed by atoms with Crippen molar-refractivity contribution in [1.82, 2.24) is 10.6 Å². The van der Waals surface area contributed by atoms with Gasteiger partial charge in [-0.15, -0.1) is 0 Å². The summed E-state index contributed by atoms with van der Waals surface area (Å²) in [6, 6.07) is 0. The lowest BCUT2D eigenvalue weighted by Crippen LogP contribution is -2.49. The molecule has 1 amide bonds. The second kappa shape index (κ2) is 9.28. The molecule has 0 atom stereocenters. The monoisotopic (exact) mass is 244 g/mol. The highest BCUT2D eigenvalue weighted by Crippen LogP contribution is 2.27. The van der Waals surface area contributed by atoms with Crippen LogP contribution in [0, 0.1) is 0 Å². The Balaban J connectivity index is 0.00000121. The summed E-state index contributed by atoms with van der Waals surface area (Å²) in [7, 11) is 1.95. The van der Waals surface area contributed by atoms with Crippen LogP contribution in [0.2, 0.25) is 0 Å². The molecule has 1 aliphatic rings. The molecule has 0 aliphatic heterocycles. The molecule has 0 unspecified atom stereocenters. The number of hydrogen-bond donors (Lipinski definition) is 2. The van der Waals surface area contributed by atoms with E-state index in [-0.39, 0.29) is 11.6 Å². The molecule has 0 spiro atoms. The lowest BCUT2D eigenvalue weighted by atomic mass is 9.82. The van der Waals surface area contributed by atoms with Gasteiger partial charge in [0.05, 0.1) is 5.54 Å². The number of hydrogen-bond acceptors (Lipinski definition) is 3. The van der Waals surface area contributed by atoms with Gasteiger partial charge in [0.2, 0.25) is 0 Å². The van der Waals surface area contributed by atoms with Crippen LogP contribution in [0.25, 0.3) is 0 Å². The zero-order valence-electron chi connectivity index (χ0n) is 11.8. The van der Waals surface area contributed by atoms with Crippen molar-refractivity contribution in [3.8, 4) is 0 Å². The molecule has 4 nitrogen and oxygen atoms in total. The van der Waals surface area contributed by atoms with Crippen LogP contribution in [0.5, 0.6) is 0 Å². The third-order valence-electron chi connectivity index (χ3n) is 3.14. The minimum Gasteiger partial charge on any atom is -0.448 e. The zero-order chi connectivity index (χ0) is 13.1. The highest BCUT2D eigenvalue weighted by Gasteiger charge is 2.31. The second-order valence-electron chi connectivity index (χ2n) is 4.20. The summed E-state index contributed by atoms with van der Waals surface area (Å²) in [5.74, 6) is 0. The number of carbonyl (C=O) groups excluding carboxylic acids is 1. The third-order valence-corrected chi connectivity index (χ3v) is 3.14. The second-order valence-corrected chi connectivity index (χ2v) is 4.20. The normalized spacial score (nSPS) is 17.6. The standard InChI is InChI=1S/C11H22N2O2.C2H6/c1-3-13-10(14)15-9-11(12-2)7-5-4-6-8-11;1-2/h12H,3-9H2,1-2H3,(H,13,14);1-2H3. The van der Waals surface area contributed by atoms with Crippen LogP contribution in [-0.2, 0) is 4.74 Å². The SMILES string of the molecule is CC.CCNC(=O)OCC1(NC)CCCCC1. The molecule has 102 valence electrons. The van der Waals surface area contributed by atoms with Crippen molar-refractivity contribution >= 4 is 6.09 Å². The number of likely N-dealkylation sites (N-methyl/N-ethyl adjacent to an activating group) is 1. The Kier molecular flexibility index (Phi) is 8.86. The minimum absolute atomic E-state index is 0.0172. The third kappa shape index (κ3) is 5.91. The number of alkyl carbamates (subject to hydrolysis) is 1. The van der Waals surface area contributed by atoms with Gasteiger partial charge in [-0.25, -0.2) is 4.79 Å². The first-order valence-corrected chi connectivity index (χ1v) is 6.82. The van der Waals surface area contributed by atoms with Gasteiger partial charge in [0.1, 0.15) is 6.61 Å². The molecule has 0 aromatic carbocycles. The molecule has 0 bridgehead atoms. The maximum Gasteiger partial charge on any atom is 0.407 e. The number of nitrogens with one attached hydrogen (secondary N) is 2. The molecule has 1 saturated carbocycles. The van der Waals surface area contributed by atoms with E-state index < -0.39 is 0 Å². The van der Waals surface area contributed by atoms with E-state index in [0.717, 1.165) is 12.8 Å². The lowest BCUT2D eigenvalue weighted by molar-refractivity contribution is 0.0872. The molecule has 0 radical (unpaired) electrons. The van der Waals surface area contributed by atoms with Crippen molar-refractivity contribution in [2.24, 2.45) is 0 Å². The molecule has 0 saturated heterocycles. The Morgan fingerprint density at radius 2 is 1.82 bits per heavy atom. The van der Waals surface area contributed by atoms with E-state index >= 15 is 0 Å². The Labute approximate surface area is 105 Å². The van der Waals surface area contributed by atoms with Gasteiger partial charge in [-0.2, -0.15) is 0 Å². The molecular formula is C13H28N2O2. The first-order valence-electron chi connectivity index (χ1n) is 6.82. The van der Waals surface area contributed by atoms with Crippen molar-refractivity contribution in [2.75, 3.05) is 20.2 Å². The summed E-state index contributed by atoms with van der Waals surface area (Å²) in [6.07, 6.45) is 5.63. The Hall–Kier alpha value is -0.770. The van der Waals surface area contributed by atoms with Gasteiger partial charge >= 0.3 is 6.09 Å². The van der Waals surface area contributed by atoms with E-state index in [0.29, 0.717) is 13.2 Å². The summed E-state index contributed by atoms with van der Waals surface area (Å²) < 4.78 is 5.20. The molecule has 0 heterocycles. The van der Waals surface area contributed by atoms with Crippen LogP contribution in [0.15, 0.2) is 0 Å². The van der Waals surface area contributed by atoms with Crippen molar-refractivity contribution in [2.45, 2.75) is 58.4 Å². The van der Waals surface area contributed by atoms with Gasteiger partial charge in [0.15, 0.2) is 0 Å². The van der Waals surface area contributed by atoms with E-state index in [1.54, 1.807) is 0 Å². The summed E-state index contributed by atoms with van der Waals surface area (Å²) in [5.41, 5.74) is 0.0172. The average molecular weight is 244 g/mol. The fourth-order valence-electron chi connectivity index (χ4n) is 2.09. The topological polar surface area (TPSA) is 50.4 Å². The molecular weight excluding hydrogens is 216 g/mol. The minimum atomic E-state index is -0.308. The van der Waals surface area contributed by atoms with E-state index in [9.17, 15) is 4.79 Å². The van der Waals surface area contributed by atoms with Gasteiger partial charge in [0, 0.05) is 6.54 Å². The molecule has 1 rings (SSSR count). The summed E-state index contributed by atoms with van der Waals surface area (Å²) in [4.78, 5) is 11.2. The summed E-state index contributed by atoms with van der Waals surface area (Å²) in [5, 5.41) is 5.95. The first kappa shape index (κ1) is 16.2. The molecule has 1 fully saturated rings. The van der Waals surface area contributed by atoms with Gasteiger partial charge in [-0.3, -0.25) is 0 Å². The molecule has 0 aromatic rings. The van der Waals surface area contributed by atoms with Crippen molar-refractivity contribution in [3.05, 3.63) is 0 Å². The molecule has 0 aromatic heterocycles. The highest BCUT2D eigenvalue weighted by atomic mass is 16.5. The summed E-state index contributed by atoms with van der Waals surface area (Å²) >= 11 is 0. The van der Waals surface area contributed by atoms with Crippen LogP contribution in [0.1, 0.15) is 52.9 Å². The first-order chi connectivity index (χ1) is 8.22. The average Bonchev–Trinajstić information content (AvgIpc) is 2.40. The highest BCUT2D eigenvalue weighted by molar-refractivity contribution is 5.67. The van der Waals surface area contributed by atoms with Crippen LogP contribution >= 0.6 is 0 Å². The molecule has 17 heavy (non-hydrogen) atoms. The predicted octanol–water partition coefficient (Wildman–Crippen LogP) is 2.68. The van der Waals surface area contributed by atoms with E-state index in [1.165, 1.54) is 19.3 Å². The van der Waals surface area contributed by atoms with Crippen molar-refractivity contribution in [1.29, 1.82) is 0 Å². The Bertz CT molecular complexity index is 202. The van der Waals surface area contributed by atoms with Gasteiger partial charge in [0.25, 0.3) is 0 Å². The van der Waals surface area contributed by atoms with Crippen LogP contribution in [-0.4, -0.2) is 31.8 Å². The zero-order valence-corrected chi connectivity index (χ0v) is 11.8. The van der Waals surface area contributed by atoms with Crippen LogP contribution in [0.4, 0.5) is 4.79 Å². The van der Waals surface area contributed by atoms with E-state index in [1.807, 2.05) is 27.8 Å². The number of amides is 1. The van der Waals surface area contributed by atoms with Crippen LogP contribution in [0.3, 0.4) is 0 Å². The maximum atomic E-state index is 11.2. The predicted molar refractivity (Wildman–Crippen MR) is 71.2 cm³/mol. The lowest BCUT2D eigenvalue weighted by Gasteiger charge is -2.36. The van der Waals surface area contributed by atoms with Crippen LogP contribution < -0.4 is 10.6 Å². The Morgan fingerprint density at radius 3 is 2.29 bits per heavy atom. The van der Waals surface area contributed by atoms with Gasteiger partial charge in [-0.05, 0) is 26.8 Å². The van der Waals surface area contributed by atoms with Crippen molar-refractivity contribution < 1.29 is 9.53 Å².